The van der Waals surface area contributed by atoms with Crippen molar-refractivity contribution in [3.8, 4) is 0 Å². The van der Waals surface area contributed by atoms with Crippen LogP contribution in [0.4, 0.5) is 0 Å². The van der Waals surface area contributed by atoms with Gasteiger partial charge in [-0.25, -0.2) is 0 Å². The monoisotopic (exact) mass is 266 g/mol. The third-order valence-corrected chi connectivity index (χ3v) is 3.58. The third-order valence-electron chi connectivity index (χ3n) is 3.58. The molecule has 0 N–H and O–H groups in total. The van der Waals surface area contributed by atoms with E-state index in [9.17, 15) is 0 Å². The van der Waals surface area contributed by atoms with Crippen LogP contribution in [-0.2, 0) is 11.3 Å². The molecule has 1 saturated heterocycles. The van der Waals surface area contributed by atoms with Crippen molar-refractivity contribution in [2.24, 2.45) is 5.92 Å². The fourth-order valence-corrected chi connectivity index (χ4v) is 2.56. The molecule has 0 saturated carbocycles. The molecule has 1 aromatic heterocycles. The van der Waals surface area contributed by atoms with Crippen LogP contribution >= 0.6 is 0 Å². The van der Waals surface area contributed by atoms with Gasteiger partial charge < -0.3 is 14.1 Å². The number of furan rings is 1. The van der Waals surface area contributed by atoms with Crippen LogP contribution in [0, 0.1) is 5.92 Å². The predicted molar refractivity (Wildman–Crippen MR) is 76.1 cm³/mol. The molecule has 1 atom stereocenters. The first-order chi connectivity index (χ1) is 9.24. The average molecular weight is 266 g/mol. The molecule has 108 valence electrons. The molecule has 1 fully saturated rings. The van der Waals surface area contributed by atoms with Gasteiger partial charge in [0.05, 0.1) is 19.4 Å². The minimum atomic E-state index is 0.689. The molecule has 1 unspecified atom stereocenters. The lowest BCUT2D eigenvalue weighted by Crippen LogP contribution is -2.31. The summed E-state index contributed by atoms with van der Waals surface area (Å²) in [5.74, 6) is 1.75. The topological polar surface area (TPSA) is 28.9 Å². The molecule has 0 radical (unpaired) electrons. The Hall–Kier alpha value is -0.840. The Balaban J connectivity index is 1.80. The molecular weight excluding hydrogens is 240 g/mol. The largest absolute Gasteiger partial charge is 0.468 e. The van der Waals surface area contributed by atoms with Gasteiger partial charge in [-0.3, -0.25) is 4.90 Å². The molecule has 0 spiro atoms. The quantitative estimate of drug-likeness (QED) is 0.720. The van der Waals surface area contributed by atoms with Gasteiger partial charge in [-0.05, 0) is 58.1 Å². The third kappa shape index (κ3) is 5.35. The predicted octanol–water partition coefficient (Wildman–Crippen LogP) is 2.07. The summed E-state index contributed by atoms with van der Waals surface area (Å²) in [6, 6.07) is 4.02. The molecule has 0 aliphatic carbocycles. The average Bonchev–Trinajstić information content (AvgIpc) is 3.01. The second-order valence-corrected chi connectivity index (χ2v) is 5.70. The Morgan fingerprint density at radius 1 is 1.32 bits per heavy atom. The number of ether oxygens (including phenoxy) is 1. The van der Waals surface area contributed by atoms with E-state index in [0.29, 0.717) is 5.92 Å². The Bertz CT molecular complexity index is 332. The van der Waals surface area contributed by atoms with Crippen molar-refractivity contribution in [1.82, 2.24) is 9.80 Å². The van der Waals surface area contributed by atoms with Gasteiger partial charge in [0.15, 0.2) is 0 Å². The van der Waals surface area contributed by atoms with Crippen LogP contribution in [0.1, 0.15) is 18.6 Å². The maximum Gasteiger partial charge on any atom is 0.117 e. The highest BCUT2D eigenvalue weighted by Gasteiger charge is 2.19. The molecular formula is C15H26N2O2. The molecule has 0 amide bonds. The van der Waals surface area contributed by atoms with E-state index < -0.39 is 0 Å². The highest BCUT2D eigenvalue weighted by atomic mass is 16.5. The van der Waals surface area contributed by atoms with Crippen molar-refractivity contribution in [1.29, 1.82) is 0 Å². The smallest absolute Gasteiger partial charge is 0.117 e. The molecule has 0 aromatic carbocycles. The molecule has 1 aromatic rings. The normalized spacial score (nSPS) is 19.7. The first kappa shape index (κ1) is 14.6. The number of hydrogen-bond donors (Lipinski definition) is 0. The van der Waals surface area contributed by atoms with E-state index in [1.165, 1.54) is 12.8 Å². The van der Waals surface area contributed by atoms with Gasteiger partial charge in [0.25, 0.3) is 0 Å². The van der Waals surface area contributed by atoms with Crippen molar-refractivity contribution < 1.29 is 9.15 Å². The highest BCUT2D eigenvalue weighted by Crippen LogP contribution is 2.16. The molecule has 1 aliphatic heterocycles. The van der Waals surface area contributed by atoms with Crippen LogP contribution < -0.4 is 0 Å². The second-order valence-electron chi connectivity index (χ2n) is 5.70. The minimum Gasteiger partial charge on any atom is -0.468 e. The summed E-state index contributed by atoms with van der Waals surface area (Å²) in [5.41, 5.74) is 0. The van der Waals surface area contributed by atoms with Crippen molar-refractivity contribution >= 4 is 0 Å². The summed E-state index contributed by atoms with van der Waals surface area (Å²) >= 11 is 0. The Morgan fingerprint density at radius 3 is 2.84 bits per heavy atom. The minimum absolute atomic E-state index is 0.689. The van der Waals surface area contributed by atoms with Crippen molar-refractivity contribution in [3.63, 3.8) is 0 Å². The zero-order chi connectivity index (χ0) is 13.5. The second kappa shape index (κ2) is 7.68. The number of hydrogen-bond acceptors (Lipinski definition) is 4. The van der Waals surface area contributed by atoms with E-state index in [2.05, 4.69) is 30.0 Å². The summed E-state index contributed by atoms with van der Waals surface area (Å²) in [7, 11) is 4.25. The standard InChI is InChI=1S/C15H26N2O2/c1-16(2)7-4-8-17(11-14-6-10-18-13-14)12-15-5-3-9-19-15/h3,5,9,14H,4,6-8,10-13H2,1-2H3. The van der Waals surface area contributed by atoms with E-state index >= 15 is 0 Å². The van der Waals surface area contributed by atoms with Gasteiger partial charge in [-0.2, -0.15) is 0 Å². The lowest BCUT2D eigenvalue weighted by molar-refractivity contribution is 0.158. The van der Waals surface area contributed by atoms with Crippen LogP contribution in [0.2, 0.25) is 0 Å². The SMILES string of the molecule is CN(C)CCCN(Cc1ccco1)CC1CCOC1. The molecule has 1 aliphatic rings. The molecule has 4 heteroatoms. The van der Waals surface area contributed by atoms with Crippen LogP contribution in [-0.4, -0.2) is 56.7 Å². The van der Waals surface area contributed by atoms with Crippen molar-refractivity contribution in [2.75, 3.05) is 46.9 Å². The van der Waals surface area contributed by atoms with Crippen molar-refractivity contribution in [3.05, 3.63) is 24.2 Å². The van der Waals surface area contributed by atoms with Crippen LogP contribution in [0.5, 0.6) is 0 Å². The van der Waals surface area contributed by atoms with E-state index in [0.717, 1.165) is 45.2 Å². The van der Waals surface area contributed by atoms with Gasteiger partial charge in [0.1, 0.15) is 5.76 Å². The molecule has 4 nitrogen and oxygen atoms in total. The van der Waals surface area contributed by atoms with Gasteiger partial charge >= 0.3 is 0 Å². The first-order valence-corrected chi connectivity index (χ1v) is 7.21. The van der Waals surface area contributed by atoms with E-state index in [1.807, 2.05) is 6.07 Å². The first-order valence-electron chi connectivity index (χ1n) is 7.21. The summed E-state index contributed by atoms with van der Waals surface area (Å²) in [6.07, 6.45) is 4.15. The number of rotatable bonds is 8. The van der Waals surface area contributed by atoms with Crippen LogP contribution in [0.3, 0.4) is 0 Å². The van der Waals surface area contributed by atoms with Gasteiger partial charge in [-0.1, -0.05) is 0 Å². The molecule has 19 heavy (non-hydrogen) atoms. The molecule has 2 rings (SSSR count). The zero-order valence-electron chi connectivity index (χ0n) is 12.2. The fourth-order valence-electron chi connectivity index (χ4n) is 2.56. The van der Waals surface area contributed by atoms with Gasteiger partial charge in [0, 0.05) is 13.2 Å². The van der Waals surface area contributed by atoms with Crippen molar-refractivity contribution in [2.45, 2.75) is 19.4 Å². The Morgan fingerprint density at radius 2 is 2.21 bits per heavy atom. The summed E-state index contributed by atoms with van der Waals surface area (Å²) in [6.45, 7) is 6.13. The van der Waals surface area contributed by atoms with E-state index in [-0.39, 0.29) is 0 Å². The summed E-state index contributed by atoms with van der Waals surface area (Å²) in [5, 5.41) is 0. The summed E-state index contributed by atoms with van der Waals surface area (Å²) < 4.78 is 11.0. The Labute approximate surface area is 116 Å². The van der Waals surface area contributed by atoms with Gasteiger partial charge in [-0.15, -0.1) is 0 Å². The molecule has 0 bridgehead atoms. The lowest BCUT2D eigenvalue weighted by Gasteiger charge is -2.24. The Kier molecular flexibility index (Phi) is 5.89. The maximum absolute atomic E-state index is 5.48. The lowest BCUT2D eigenvalue weighted by atomic mass is 10.1. The van der Waals surface area contributed by atoms with E-state index in [4.69, 9.17) is 9.15 Å². The van der Waals surface area contributed by atoms with E-state index in [1.54, 1.807) is 6.26 Å². The maximum atomic E-state index is 5.48. The van der Waals surface area contributed by atoms with Crippen LogP contribution in [0.25, 0.3) is 0 Å². The zero-order valence-corrected chi connectivity index (χ0v) is 12.2. The van der Waals surface area contributed by atoms with Gasteiger partial charge in [0.2, 0.25) is 0 Å². The fraction of sp³-hybridized carbons (Fsp3) is 0.733. The highest BCUT2D eigenvalue weighted by molar-refractivity contribution is 4.98. The summed E-state index contributed by atoms with van der Waals surface area (Å²) in [4.78, 5) is 4.74. The number of nitrogens with zero attached hydrogens (tertiary/aromatic N) is 2. The molecule has 2 heterocycles. The van der Waals surface area contributed by atoms with Crippen LogP contribution in [0.15, 0.2) is 22.8 Å².